The van der Waals surface area contributed by atoms with Crippen LogP contribution >= 0.6 is 31.9 Å². The van der Waals surface area contributed by atoms with Gasteiger partial charge in [-0.1, -0.05) is 31.9 Å². The first-order valence-corrected chi connectivity index (χ1v) is 7.96. The standard InChI is InChI=1S/C14H17Br2N3O/c1-14(2,3)17-5-4-12-18-19-13(20-12)9-6-10(15)8-11(16)7-9/h6-8,17H,4-5H2,1-3H3. The van der Waals surface area contributed by atoms with Crippen LogP contribution < -0.4 is 5.32 Å². The highest BCUT2D eigenvalue weighted by molar-refractivity contribution is 9.11. The van der Waals surface area contributed by atoms with Gasteiger partial charge in [-0.05, 0) is 39.0 Å². The van der Waals surface area contributed by atoms with Gasteiger partial charge < -0.3 is 9.73 Å². The Morgan fingerprint density at radius 1 is 1.10 bits per heavy atom. The molecule has 0 amide bonds. The number of nitrogens with zero attached hydrogens (tertiary/aromatic N) is 2. The first-order valence-electron chi connectivity index (χ1n) is 6.37. The summed E-state index contributed by atoms with van der Waals surface area (Å²) in [5, 5.41) is 11.6. The third-order valence-electron chi connectivity index (χ3n) is 2.57. The molecule has 4 nitrogen and oxygen atoms in total. The smallest absolute Gasteiger partial charge is 0.247 e. The maximum atomic E-state index is 5.69. The van der Waals surface area contributed by atoms with Gasteiger partial charge in [0, 0.05) is 33.0 Å². The van der Waals surface area contributed by atoms with E-state index in [1.54, 1.807) is 0 Å². The van der Waals surface area contributed by atoms with Crippen LogP contribution in [-0.2, 0) is 6.42 Å². The highest BCUT2D eigenvalue weighted by atomic mass is 79.9. The van der Waals surface area contributed by atoms with E-state index in [4.69, 9.17) is 4.42 Å². The molecule has 0 spiro atoms. The quantitative estimate of drug-likeness (QED) is 0.832. The lowest BCUT2D eigenvalue weighted by Crippen LogP contribution is -2.37. The van der Waals surface area contributed by atoms with E-state index in [0.29, 0.717) is 11.8 Å². The molecule has 0 atom stereocenters. The van der Waals surface area contributed by atoms with Crippen LogP contribution in [0.5, 0.6) is 0 Å². The molecule has 1 N–H and O–H groups in total. The van der Waals surface area contributed by atoms with Gasteiger partial charge in [0.25, 0.3) is 0 Å². The molecule has 0 saturated heterocycles. The van der Waals surface area contributed by atoms with Gasteiger partial charge in [0.1, 0.15) is 0 Å². The van der Waals surface area contributed by atoms with Crippen LogP contribution in [0.25, 0.3) is 11.5 Å². The van der Waals surface area contributed by atoms with Crippen LogP contribution in [0.15, 0.2) is 31.6 Å². The van der Waals surface area contributed by atoms with Crippen molar-refractivity contribution in [2.24, 2.45) is 0 Å². The van der Waals surface area contributed by atoms with Crippen LogP contribution in [0.2, 0.25) is 0 Å². The summed E-state index contributed by atoms with van der Waals surface area (Å²) in [5.74, 6) is 1.19. The first kappa shape index (κ1) is 15.7. The maximum absolute atomic E-state index is 5.69. The molecule has 20 heavy (non-hydrogen) atoms. The summed E-state index contributed by atoms with van der Waals surface area (Å²) in [5.41, 5.74) is 0.992. The Bertz CT molecular complexity index is 570. The molecule has 0 aliphatic carbocycles. The van der Waals surface area contributed by atoms with Gasteiger partial charge in [0.15, 0.2) is 0 Å². The van der Waals surface area contributed by atoms with Gasteiger partial charge in [-0.15, -0.1) is 10.2 Å². The molecule has 6 heteroatoms. The average molecular weight is 403 g/mol. The van der Waals surface area contributed by atoms with E-state index in [1.807, 2.05) is 18.2 Å². The molecule has 0 fully saturated rings. The van der Waals surface area contributed by atoms with E-state index in [1.165, 1.54) is 0 Å². The molecule has 1 heterocycles. The third-order valence-corrected chi connectivity index (χ3v) is 3.49. The fourth-order valence-electron chi connectivity index (χ4n) is 1.69. The van der Waals surface area contributed by atoms with Crippen molar-refractivity contribution < 1.29 is 4.42 Å². The lowest BCUT2D eigenvalue weighted by molar-refractivity contribution is 0.412. The Hall–Kier alpha value is -0.720. The Labute approximate surface area is 135 Å². The monoisotopic (exact) mass is 401 g/mol. The average Bonchev–Trinajstić information content (AvgIpc) is 2.74. The molecule has 1 aromatic heterocycles. The maximum Gasteiger partial charge on any atom is 0.247 e. The van der Waals surface area contributed by atoms with Gasteiger partial charge in [-0.2, -0.15) is 0 Å². The van der Waals surface area contributed by atoms with Crippen LogP contribution in [0.3, 0.4) is 0 Å². The minimum Gasteiger partial charge on any atom is -0.421 e. The van der Waals surface area contributed by atoms with Gasteiger partial charge in [-0.3, -0.25) is 0 Å². The second-order valence-electron chi connectivity index (χ2n) is 5.59. The van der Waals surface area contributed by atoms with Crippen molar-refractivity contribution in [3.8, 4) is 11.5 Å². The number of nitrogens with one attached hydrogen (secondary N) is 1. The minimum atomic E-state index is 0.0952. The molecule has 0 aliphatic heterocycles. The van der Waals surface area contributed by atoms with Gasteiger partial charge in [-0.25, -0.2) is 0 Å². The number of hydrogen-bond donors (Lipinski definition) is 1. The van der Waals surface area contributed by atoms with E-state index in [0.717, 1.165) is 27.5 Å². The Morgan fingerprint density at radius 2 is 1.75 bits per heavy atom. The SMILES string of the molecule is CC(C)(C)NCCc1nnc(-c2cc(Br)cc(Br)c2)o1. The van der Waals surface area contributed by atoms with Crippen molar-refractivity contribution >= 4 is 31.9 Å². The van der Waals surface area contributed by atoms with Crippen molar-refractivity contribution in [2.45, 2.75) is 32.7 Å². The lowest BCUT2D eigenvalue weighted by atomic mass is 10.1. The zero-order valence-electron chi connectivity index (χ0n) is 11.7. The summed E-state index contributed by atoms with van der Waals surface area (Å²) < 4.78 is 7.63. The van der Waals surface area contributed by atoms with Crippen molar-refractivity contribution in [3.05, 3.63) is 33.0 Å². The molecule has 0 unspecified atom stereocenters. The summed E-state index contributed by atoms with van der Waals surface area (Å²) >= 11 is 6.90. The predicted octanol–water partition coefficient (Wildman–Crippen LogP) is 4.19. The van der Waals surface area contributed by atoms with Crippen LogP contribution in [0.1, 0.15) is 26.7 Å². The molecule has 1 aromatic carbocycles. The van der Waals surface area contributed by atoms with E-state index in [2.05, 4.69) is 68.1 Å². The fraction of sp³-hybridized carbons (Fsp3) is 0.429. The second kappa shape index (κ2) is 6.37. The van der Waals surface area contributed by atoms with Crippen LogP contribution in [0.4, 0.5) is 0 Å². The molecule has 0 radical (unpaired) electrons. The van der Waals surface area contributed by atoms with Crippen molar-refractivity contribution in [3.63, 3.8) is 0 Å². The normalized spacial score (nSPS) is 11.8. The van der Waals surface area contributed by atoms with E-state index in [-0.39, 0.29) is 5.54 Å². The molecule has 2 aromatic rings. The first-order chi connectivity index (χ1) is 9.33. The van der Waals surface area contributed by atoms with Gasteiger partial charge in [0.2, 0.25) is 11.8 Å². The summed E-state index contributed by atoms with van der Waals surface area (Å²) in [7, 11) is 0. The summed E-state index contributed by atoms with van der Waals surface area (Å²) in [6.45, 7) is 7.20. The number of hydrogen-bond acceptors (Lipinski definition) is 4. The third kappa shape index (κ3) is 4.68. The molecule has 0 bridgehead atoms. The molecule has 0 saturated carbocycles. The topological polar surface area (TPSA) is 51.0 Å². The zero-order valence-corrected chi connectivity index (χ0v) is 14.9. The highest BCUT2D eigenvalue weighted by Gasteiger charge is 2.12. The van der Waals surface area contributed by atoms with Crippen LogP contribution in [0, 0.1) is 0 Å². The Balaban J connectivity index is 2.05. The number of benzene rings is 1. The summed E-state index contributed by atoms with van der Waals surface area (Å²) in [6, 6.07) is 5.87. The summed E-state index contributed by atoms with van der Waals surface area (Å²) in [4.78, 5) is 0. The van der Waals surface area contributed by atoms with Crippen molar-refractivity contribution in [2.75, 3.05) is 6.54 Å². The second-order valence-corrected chi connectivity index (χ2v) is 7.42. The predicted molar refractivity (Wildman–Crippen MR) is 86.6 cm³/mol. The number of aromatic nitrogens is 2. The Morgan fingerprint density at radius 3 is 2.35 bits per heavy atom. The lowest BCUT2D eigenvalue weighted by Gasteiger charge is -2.19. The molecule has 2 rings (SSSR count). The van der Waals surface area contributed by atoms with Gasteiger partial charge in [0.05, 0.1) is 0 Å². The van der Waals surface area contributed by atoms with Crippen LogP contribution in [-0.4, -0.2) is 22.3 Å². The number of halogens is 2. The molecular weight excluding hydrogens is 386 g/mol. The molecule has 0 aliphatic rings. The largest absolute Gasteiger partial charge is 0.421 e. The zero-order chi connectivity index (χ0) is 14.8. The summed E-state index contributed by atoms with van der Waals surface area (Å²) in [6.07, 6.45) is 0.722. The fourth-order valence-corrected chi connectivity index (χ4v) is 2.99. The van der Waals surface area contributed by atoms with Crippen molar-refractivity contribution in [1.29, 1.82) is 0 Å². The van der Waals surface area contributed by atoms with E-state index < -0.39 is 0 Å². The van der Waals surface area contributed by atoms with Gasteiger partial charge >= 0.3 is 0 Å². The number of rotatable bonds is 4. The molecular formula is C14H17Br2N3O. The Kier molecular flexibility index (Phi) is 4.99. The van der Waals surface area contributed by atoms with Crippen molar-refractivity contribution in [1.82, 2.24) is 15.5 Å². The minimum absolute atomic E-state index is 0.0952. The van der Waals surface area contributed by atoms with E-state index >= 15 is 0 Å². The highest BCUT2D eigenvalue weighted by Crippen LogP contribution is 2.26. The molecule has 108 valence electrons. The van der Waals surface area contributed by atoms with E-state index in [9.17, 15) is 0 Å².